The molecule has 0 radical (unpaired) electrons. The number of ether oxygens (including phenoxy) is 1. The summed E-state index contributed by atoms with van der Waals surface area (Å²) < 4.78 is 30.4. The second-order valence-corrected chi connectivity index (χ2v) is 5.60. The first-order chi connectivity index (χ1) is 8.94. The van der Waals surface area contributed by atoms with Crippen molar-refractivity contribution in [3.05, 3.63) is 29.6 Å². The number of carboxylic acid groups (broad SMARTS) is 1. The fourth-order valence-corrected chi connectivity index (χ4v) is 2.13. The van der Waals surface area contributed by atoms with Gasteiger partial charge < -0.3 is 9.84 Å². The number of aromatic nitrogens is 1. The average molecular weight is 288 g/mol. The van der Waals surface area contributed by atoms with E-state index in [1.165, 1.54) is 18.3 Å². The van der Waals surface area contributed by atoms with E-state index in [2.05, 4.69) is 9.71 Å². The number of nitrogens with one attached hydrogen (secondary N) is 1. The highest BCUT2D eigenvalue weighted by Crippen LogP contribution is 2.02. The number of rotatable bonds is 8. The highest BCUT2D eigenvalue weighted by atomic mass is 32.2. The fourth-order valence-electron chi connectivity index (χ4n) is 1.28. The van der Waals surface area contributed by atoms with Gasteiger partial charge in [-0.05, 0) is 19.1 Å². The molecule has 0 aliphatic rings. The normalized spacial score (nSPS) is 11.4. The van der Waals surface area contributed by atoms with Crippen molar-refractivity contribution >= 4 is 16.0 Å². The summed E-state index contributed by atoms with van der Waals surface area (Å²) in [6.45, 7) is 2.31. The molecule has 2 N–H and O–H groups in total. The lowest BCUT2D eigenvalue weighted by Crippen LogP contribution is -2.28. The van der Waals surface area contributed by atoms with Crippen molar-refractivity contribution in [2.24, 2.45) is 0 Å². The Labute approximate surface area is 111 Å². The van der Waals surface area contributed by atoms with Crippen molar-refractivity contribution < 1.29 is 23.1 Å². The smallest absolute Gasteiger partial charge is 0.335 e. The summed E-state index contributed by atoms with van der Waals surface area (Å²) in [6.07, 6.45) is 1.33. The summed E-state index contributed by atoms with van der Waals surface area (Å²) in [5.74, 6) is -1.22. The lowest BCUT2D eigenvalue weighted by atomic mass is 10.2. The van der Waals surface area contributed by atoms with E-state index in [0.717, 1.165) is 0 Å². The van der Waals surface area contributed by atoms with Crippen LogP contribution in [0.3, 0.4) is 0 Å². The number of sulfonamides is 1. The Kier molecular flexibility index (Phi) is 5.87. The first kappa shape index (κ1) is 15.5. The molecule has 0 saturated carbocycles. The minimum absolute atomic E-state index is 0.0461. The number of carbonyl (C=O) groups is 1. The van der Waals surface area contributed by atoms with Crippen LogP contribution in [0.25, 0.3) is 0 Å². The summed E-state index contributed by atoms with van der Waals surface area (Å²) in [5, 5.41) is 8.80. The minimum atomic E-state index is -3.45. The minimum Gasteiger partial charge on any atom is -0.478 e. The third-order valence-corrected chi connectivity index (χ3v) is 3.53. The number of hydrogen-bond donors (Lipinski definition) is 2. The van der Waals surface area contributed by atoms with Gasteiger partial charge in [0.05, 0.1) is 30.2 Å². The van der Waals surface area contributed by atoms with Gasteiger partial charge in [-0.2, -0.15) is 0 Å². The van der Waals surface area contributed by atoms with Crippen LogP contribution in [0.1, 0.15) is 23.0 Å². The fraction of sp³-hybridized carbons (Fsp3) is 0.455. The first-order valence-electron chi connectivity index (χ1n) is 5.68. The molecule has 0 amide bonds. The van der Waals surface area contributed by atoms with Crippen molar-refractivity contribution in [3.63, 3.8) is 0 Å². The van der Waals surface area contributed by atoms with Gasteiger partial charge >= 0.3 is 5.97 Å². The van der Waals surface area contributed by atoms with E-state index in [9.17, 15) is 13.2 Å². The molecule has 0 aliphatic carbocycles. The molecule has 0 aliphatic heterocycles. The lowest BCUT2D eigenvalue weighted by molar-refractivity contribution is 0.0696. The van der Waals surface area contributed by atoms with Crippen LogP contribution in [0.2, 0.25) is 0 Å². The Balaban J connectivity index is 2.56. The standard InChI is InChI=1S/C11H16N2O5S/c1-2-18-5-6-19(16,17)13-8-10-7-9(11(14)15)3-4-12-10/h3-4,7,13H,2,5-6,8H2,1H3,(H,14,15). The van der Waals surface area contributed by atoms with Crippen LogP contribution in [-0.4, -0.2) is 43.4 Å². The molecule has 19 heavy (non-hydrogen) atoms. The second kappa shape index (κ2) is 7.17. The van der Waals surface area contributed by atoms with Gasteiger partial charge in [-0.3, -0.25) is 4.98 Å². The number of hydrogen-bond acceptors (Lipinski definition) is 5. The van der Waals surface area contributed by atoms with E-state index < -0.39 is 16.0 Å². The largest absolute Gasteiger partial charge is 0.478 e. The third-order valence-electron chi connectivity index (χ3n) is 2.24. The Hall–Kier alpha value is -1.51. The van der Waals surface area contributed by atoms with Gasteiger partial charge in [-0.25, -0.2) is 17.9 Å². The van der Waals surface area contributed by atoms with Crippen molar-refractivity contribution in [1.82, 2.24) is 9.71 Å². The molecule has 1 aromatic heterocycles. The van der Waals surface area contributed by atoms with Crippen LogP contribution < -0.4 is 4.72 Å². The van der Waals surface area contributed by atoms with Crippen LogP contribution in [0.4, 0.5) is 0 Å². The Bertz CT molecular complexity index is 530. The predicted molar refractivity (Wildman–Crippen MR) is 68.3 cm³/mol. The molecule has 0 spiro atoms. The molecular weight excluding hydrogens is 272 g/mol. The van der Waals surface area contributed by atoms with Crippen LogP contribution in [0, 0.1) is 0 Å². The molecule has 0 saturated heterocycles. The Morgan fingerprint density at radius 3 is 2.89 bits per heavy atom. The number of aromatic carboxylic acids is 1. The average Bonchev–Trinajstić information content (AvgIpc) is 2.37. The van der Waals surface area contributed by atoms with E-state index in [4.69, 9.17) is 9.84 Å². The molecular formula is C11H16N2O5S. The molecule has 106 valence electrons. The van der Waals surface area contributed by atoms with Crippen LogP contribution in [-0.2, 0) is 21.3 Å². The van der Waals surface area contributed by atoms with Crippen molar-refractivity contribution in [1.29, 1.82) is 0 Å². The number of carboxylic acids is 1. The van der Waals surface area contributed by atoms with Crippen LogP contribution in [0.15, 0.2) is 18.3 Å². The van der Waals surface area contributed by atoms with Crippen LogP contribution in [0.5, 0.6) is 0 Å². The zero-order chi connectivity index (χ0) is 14.3. The molecule has 0 fully saturated rings. The lowest BCUT2D eigenvalue weighted by Gasteiger charge is -2.06. The van der Waals surface area contributed by atoms with Gasteiger partial charge in [0, 0.05) is 12.8 Å². The highest BCUT2D eigenvalue weighted by molar-refractivity contribution is 7.89. The van der Waals surface area contributed by atoms with Gasteiger partial charge in [0.15, 0.2) is 0 Å². The second-order valence-electron chi connectivity index (χ2n) is 3.68. The number of pyridine rings is 1. The SMILES string of the molecule is CCOCCS(=O)(=O)NCc1cc(C(=O)O)ccn1. The van der Waals surface area contributed by atoms with Gasteiger partial charge in [-0.1, -0.05) is 0 Å². The molecule has 0 unspecified atom stereocenters. The Morgan fingerprint density at radius 2 is 2.26 bits per heavy atom. The van der Waals surface area contributed by atoms with Crippen LogP contribution >= 0.6 is 0 Å². The molecule has 0 atom stereocenters. The maximum absolute atomic E-state index is 11.6. The molecule has 7 nitrogen and oxygen atoms in total. The van der Waals surface area contributed by atoms with Gasteiger partial charge in [-0.15, -0.1) is 0 Å². The zero-order valence-corrected chi connectivity index (χ0v) is 11.3. The monoisotopic (exact) mass is 288 g/mol. The maximum Gasteiger partial charge on any atom is 0.335 e. The quantitative estimate of drug-likeness (QED) is 0.664. The summed E-state index contributed by atoms with van der Waals surface area (Å²) in [7, 11) is -3.45. The highest BCUT2D eigenvalue weighted by Gasteiger charge is 2.11. The summed E-state index contributed by atoms with van der Waals surface area (Å²) >= 11 is 0. The van der Waals surface area contributed by atoms with E-state index >= 15 is 0 Å². The summed E-state index contributed by atoms with van der Waals surface area (Å²) in [6, 6.07) is 2.67. The van der Waals surface area contributed by atoms with Crippen molar-refractivity contribution in [2.75, 3.05) is 19.0 Å². The van der Waals surface area contributed by atoms with Crippen molar-refractivity contribution in [3.8, 4) is 0 Å². The topological polar surface area (TPSA) is 106 Å². The van der Waals surface area contributed by atoms with Gasteiger partial charge in [0.25, 0.3) is 0 Å². The molecule has 0 aromatic carbocycles. The first-order valence-corrected chi connectivity index (χ1v) is 7.33. The summed E-state index contributed by atoms with van der Waals surface area (Å²) in [5.41, 5.74) is 0.415. The molecule has 8 heteroatoms. The van der Waals surface area contributed by atoms with E-state index in [1.807, 2.05) is 0 Å². The van der Waals surface area contributed by atoms with Gasteiger partial charge in [0.2, 0.25) is 10.0 Å². The number of nitrogens with zero attached hydrogens (tertiary/aromatic N) is 1. The zero-order valence-electron chi connectivity index (χ0n) is 10.5. The van der Waals surface area contributed by atoms with E-state index in [0.29, 0.717) is 12.3 Å². The van der Waals surface area contributed by atoms with E-state index in [-0.39, 0.29) is 24.5 Å². The summed E-state index contributed by atoms with van der Waals surface area (Å²) in [4.78, 5) is 14.6. The molecule has 1 rings (SSSR count). The predicted octanol–water partition coefficient (Wildman–Crippen LogP) is 0.236. The maximum atomic E-state index is 11.6. The molecule has 1 heterocycles. The Morgan fingerprint density at radius 1 is 1.53 bits per heavy atom. The molecule has 1 aromatic rings. The molecule has 0 bridgehead atoms. The van der Waals surface area contributed by atoms with E-state index in [1.54, 1.807) is 6.92 Å². The third kappa shape index (κ3) is 5.77. The van der Waals surface area contributed by atoms with Gasteiger partial charge in [0.1, 0.15) is 0 Å². The van der Waals surface area contributed by atoms with Crippen molar-refractivity contribution in [2.45, 2.75) is 13.5 Å².